The minimum Gasteiger partial charge on any atom is -0.392 e. The van der Waals surface area contributed by atoms with Crippen LogP contribution in [0.4, 0.5) is 0 Å². The molecular formula is C19H27N3O2. The van der Waals surface area contributed by atoms with Crippen molar-refractivity contribution in [2.45, 2.75) is 40.7 Å². The fourth-order valence-corrected chi connectivity index (χ4v) is 2.87. The molecule has 1 aromatic carbocycles. The highest BCUT2D eigenvalue weighted by Crippen LogP contribution is 2.25. The summed E-state index contributed by atoms with van der Waals surface area (Å²) in [5.74, 6) is -0.0295. The Morgan fingerprint density at radius 3 is 2.50 bits per heavy atom. The molecule has 0 aliphatic rings. The van der Waals surface area contributed by atoms with E-state index >= 15 is 0 Å². The van der Waals surface area contributed by atoms with Crippen LogP contribution in [0.2, 0.25) is 0 Å². The Morgan fingerprint density at radius 1 is 1.29 bits per heavy atom. The van der Waals surface area contributed by atoms with Gasteiger partial charge in [0.2, 0.25) is 0 Å². The molecule has 130 valence electrons. The lowest BCUT2D eigenvalue weighted by molar-refractivity contribution is 0.0138. The Bertz CT molecular complexity index is 690. The van der Waals surface area contributed by atoms with Crippen LogP contribution in [0, 0.1) is 18.3 Å². The number of carbonyl (C=O) groups is 1. The van der Waals surface area contributed by atoms with Crippen molar-refractivity contribution in [2.24, 2.45) is 11.3 Å². The van der Waals surface area contributed by atoms with E-state index in [2.05, 4.69) is 10.4 Å². The normalized spacial score (nSPS) is 13.1. The summed E-state index contributed by atoms with van der Waals surface area (Å²) < 4.78 is 1.75. The Kier molecular flexibility index (Phi) is 5.44. The van der Waals surface area contributed by atoms with Crippen LogP contribution in [0.1, 0.15) is 43.7 Å². The third-order valence-electron chi connectivity index (χ3n) is 4.39. The van der Waals surface area contributed by atoms with Gasteiger partial charge in [-0.05, 0) is 25.0 Å². The summed E-state index contributed by atoms with van der Waals surface area (Å²) >= 11 is 0. The monoisotopic (exact) mass is 329 g/mol. The molecule has 0 fully saturated rings. The van der Waals surface area contributed by atoms with E-state index in [1.165, 1.54) is 0 Å². The molecule has 1 unspecified atom stereocenters. The summed E-state index contributed by atoms with van der Waals surface area (Å²) in [7, 11) is 0. The molecule has 1 atom stereocenters. The third-order valence-corrected chi connectivity index (χ3v) is 4.39. The van der Waals surface area contributed by atoms with Crippen molar-refractivity contribution >= 4 is 5.91 Å². The zero-order valence-electron chi connectivity index (χ0n) is 15.1. The number of rotatable bonds is 6. The minimum atomic E-state index is -0.481. The average Bonchev–Trinajstić information content (AvgIpc) is 2.94. The van der Waals surface area contributed by atoms with E-state index in [4.69, 9.17) is 0 Å². The number of amides is 1. The van der Waals surface area contributed by atoms with E-state index in [1.54, 1.807) is 10.9 Å². The maximum Gasteiger partial charge on any atom is 0.254 e. The number of aliphatic hydroxyl groups is 1. The summed E-state index contributed by atoms with van der Waals surface area (Å²) in [6, 6.07) is 9.71. The molecule has 0 radical (unpaired) electrons. The van der Waals surface area contributed by atoms with Gasteiger partial charge in [0, 0.05) is 12.0 Å². The number of hydrogen-bond acceptors (Lipinski definition) is 3. The first-order valence-corrected chi connectivity index (χ1v) is 8.30. The first-order chi connectivity index (χ1) is 11.2. The molecule has 1 aromatic heterocycles. The van der Waals surface area contributed by atoms with Crippen LogP contribution in [0.5, 0.6) is 0 Å². The maximum atomic E-state index is 12.5. The van der Waals surface area contributed by atoms with E-state index < -0.39 is 11.5 Å². The van der Waals surface area contributed by atoms with E-state index in [-0.39, 0.29) is 11.8 Å². The van der Waals surface area contributed by atoms with Gasteiger partial charge in [-0.15, -0.1) is 0 Å². The number of hydrogen-bond donors (Lipinski definition) is 2. The largest absolute Gasteiger partial charge is 0.392 e. The van der Waals surface area contributed by atoms with Gasteiger partial charge in [0.05, 0.1) is 29.2 Å². The van der Waals surface area contributed by atoms with Crippen LogP contribution in [0.3, 0.4) is 0 Å². The highest BCUT2D eigenvalue weighted by molar-refractivity contribution is 5.95. The van der Waals surface area contributed by atoms with Crippen molar-refractivity contribution < 1.29 is 9.90 Å². The van der Waals surface area contributed by atoms with Gasteiger partial charge in [-0.2, -0.15) is 5.10 Å². The van der Waals surface area contributed by atoms with Gasteiger partial charge < -0.3 is 10.4 Å². The molecule has 0 aliphatic heterocycles. The first kappa shape index (κ1) is 18.2. The van der Waals surface area contributed by atoms with Gasteiger partial charge in [-0.1, -0.05) is 45.9 Å². The number of para-hydroxylation sites is 1. The molecule has 5 heteroatoms. The van der Waals surface area contributed by atoms with Gasteiger partial charge >= 0.3 is 0 Å². The van der Waals surface area contributed by atoms with Crippen LogP contribution >= 0.6 is 0 Å². The van der Waals surface area contributed by atoms with Gasteiger partial charge in [0.15, 0.2) is 0 Å². The second-order valence-corrected chi connectivity index (χ2v) is 7.25. The second kappa shape index (κ2) is 7.18. The Labute approximate surface area is 143 Å². The standard InChI is InChI=1S/C19H27N3O2/c1-13(2)17(23)19(4,5)12-20-18(24)16-11-21-22(14(16)3)15-9-7-6-8-10-15/h6-11,13,17,23H,12H2,1-5H3,(H,20,24). The van der Waals surface area contributed by atoms with Crippen LogP contribution in [0.25, 0.3) is 5.69 Å². The molecule has 2 aromatic rings. The molecule has 0 aliphatic carbocycles. The molecule has 24 heavy (non-hydrogen) atoms. The molecule has 1 heterocycles. The Balaban J connectivity index is 2.10. The van der Waals surface area contributed by atoms with E-state index in [9.17, 15) is 9.90 Å². The lowest BCUT2D eigenvalue weighted by Crippen LogP contribution is -2.43. The van der Waals surface area contributed by atoms with Crippen molar-refractivity contribution in [1.29, 1.82) is 0 Å². The van der Waals surface area contributed by atoms with Crippen molar-refractivity contribution in [3.8, 4) is 5.69 Å². The Morgan fingerprint density at radius 2 is 1.92 bits per heavy atom. The van der Waals surface area contributed by atoms with Crippen LogP contribution in [-0.2, 0) is 0 Å². The predicted molar refractivity (Wildman–Crippen MR) is 95.3 cm³/mol. The molecule has 0 bridgehead atoms. The summed E-state index contributed by atoms with van der Waals surface area (Å²) in [4.78, 5) is 12.5. The number of nitrogens with zero attached hydrogens (tertiary/aromatic N) is 2. The summed E-state index contributed by atoms with van der Waals surface area (Å²) in [6.45, 7) is 10.1. The summed E-state index contributed by atoms with van der Waals surface area (Å²) in [5.41, 5.74) is 1.87. The predicted octanol–water partition coefficient (Wildman–Crippen LogP) is 2.95. The number of aromatic nitrogens is 2. The smallest absolute Gasteiger partial charge is 0.254 e. The number of nitrogens with one attached hydrogen (secondary N) is 1. The fourth-order valence-electron chi connectivity index (χ4n) is 2.87. The van der Waals surface area contributed by atoms with Crippen LogP contribution < -0.4 is 5.32 Å². The second-order valence-electron chi connectivity index (χ2n) is 7.25. The Hall–Kier alpha value is -2.14. The molecule has 0 saturated heterocycles. The number of carbonyl (C=O) groups excluding carboxylic acids is 1. The van der Waals surface area contributed by atoms with Crippen molar-refractivity contribution in [3.05, 3.63) is 47.8 Å². The van der Waals surface area contributed by atoms with Gasteiger partial charge in [0.1, 0.15) is 0 Å². The summed E-state index contributed by atoms with van der Waals surface area (Å²) in [5, 5.41) is 17.5. The van der Waals surface area contributed by atoms with Gasteiger partial charge in [-0.3, -0.25) is 4.79 Å². The van der Waals surface area contributed by atoms with Crippen molar-refractivity contribution in [1.82, 2.24) is 15.1 Å². The molecule has 2 N–H and O–H groups in total. The molecular weight excluding hydrogens is 302 g/mol. The minimum absolute atomic E-state index is 0.138. The molecule has 0 saturated carbocycles. The highest BCUT2D eigenvalue weighted by atomic mass is 16.3. The molecule has 1 amide bonds. The zero-order chi connectivity index (χ0) is 17.9. The quantitative estimate of drug-likeness (QED) is 0.856. The highest BCUT2D eigenvalue weighted by Gasteiger charge is 2.31. The van der Waals surface area contributed by atoms with E-state index in [1.807, 2.05) is 65.0 Å². The third kappa shape index (κ3) is 3.85. The zero-order valence-corrected chi connectivity index (χ0v) is 15.1. The van der Waals surface area contributed by atoms with Crippen molar-refractivity contribution in [3.63, 3.8) is 0 Å². The number of aliphatic hydroxyl groups excluding tert-OH is 1. The average molecular weight is 329 g/mol. The van der Waals surface area contributed by atoms with E-state index in [0.29, 0.717) is 12.1 Å². The van der Waals surface area contributed by atoms with Gasteiger partial charge in [-0.25, -0.2) is 4.68 Å². The maximum absolute atomic E-state index is 12.5. The SMILES string of the molecule is Cc1c(C(=O)NCC(C)(C)C(O)C(C)C)cnn1-c1ccccc1. The van der Waals surface area contributed by atoms with Crippen molar-refractivity contribution in [2.75, 3.05) is 6.54 Å². The molecule has 2 rings (SSSR count). The molecule has 5 nitrogen and oxygen atoms in total. The fraction of sp³-hybridized carbons (Fsp3) is 0.474. The summed E-state index contributed by atoms with van der Waals surface area (Å²) in [6.07, 6.45) is 1.11. The lowest BCUT2D eigenvalue weighted by Gasteiger charge is -2.33. The lowest BCUT2D eigenvalue weighted by atomic mass is 9.80. The molecule has 0 spiro atoms. The topological polar surface area (TPSA) is 67.2 Å². The number of benzene rings is 1. The van der Waals surface area contributed by atoms with Crippen LogP contribution in [0.15, 0.2) is 36.5 Å². The first-order valence-electron chi connectivity index (χ1n) is 8.30. The van der Waals surface area contributed by atoms with E-state index in [0.717, 1.165) is 11.4 Å². The van der Waals surface area contributed by atoms with Gasteiger partial charge in [0.25, 0.3) is 5.91 Å². The van der Waals surface area contributed by atoms with Crippen LogP contribution in [-0.4, -0.2) is 33.4 Å².